The lowest BCUT2D eigenvalue weighted by Gasteiger charge is -2.35. The van der Waals surface area contributed by atoms with Gasteiger partial charge < -0.3 is 20.5 Å². The third-order valence-corrected chi connectivity index (χ3v) is 5.36. The molecular formula is C22H26FN5O. The average Bonchev–Trinajstić information content (AvgIpc) is 3.14. The standard InChI is InChI=1S/C22H26FN5O/c1-14-9-10-17(23)20(12-14)28-11-5-6-16(13-28)25-22(29)24-15(2)21-26-18-7-3-4-8-19(18)27-21/h3-4,7-10,12,15-16H,5-6,11,13H2,1-2H3,(H,26,27)(H2,24,25,29). The number of hydrogen-bond donors (Lipinski definition) is 3. The number of hydrogen-bond acceptors (Lipinski definition) is 3. The molecule has 2 unspecified atom stereocenters. The first-order chi connectivity index (χ1) is 14.0. The van der Waals surface area contributed by atoms with Gasteiger partial charge in [0, 0.05) is 19.1 Å². The predicted molar refractivity (Wildman–Crippen MR) is 113 cm³/mol. The van der Waals surface area contributed by atoms with E-state index in [4.69, 9.17) is 0 Å². The number of nitrogens with one attached hydrogen (secondary N) is 3. The van der Waals surface area contributed by atoms with Gasteiger partial charge in [-0.15, -0.1) is 0 Å². The highest BCUT2D eigenvalue weighted by atomic mass is 19.1. The summed E-state index contributed by atoms with van der Waals surface area (Å²) in [6.45, 7) is 5.23. The number of nitrogens with zero attached hydrogens (tertiary/aromatic N) is 2. The van der Waals surface area contributed by atoms with Crippen LogP contribution in [0, 0.1) is 12.7 Å². The number of carbonyl (C=O) groups excluding carboxylic acids is 1. The Morgan fingerprint density at radius 1 is 1.31 bits per heavy atom. The first kappa shape index (κ1) is 19.2. The molecule has 2 heterocycles. The van der Waals surface area contributed by atoms with Gasteiger partial charge in [0.05, 0.1) is 22.8 Å². The Morgan fingerprint density at radius 3 is 2.97 bits per heavy atom. The van der Waals surface area contributed by atoms with Gasteiger partial charge in [0.25, 0.3) is 0 Å². The van der Waals surface area contributed by atoms with Crippen molar-refractivity contribution in [2.45, 2.75) is 38.8 Å². The summed E-state index contributed by atoms with van der Waals surface area (Å²) in [5, 5.41) is 5.97. The van der Waals surface area contributed by atoms with Crippen molar-refractivity contribution in [3.8, 4) is 0 Å². The zero-order valence-corrected chi connectivity index (χ0v) is 16.7. The van der Waals surface area contributed by atoms with Crippen molar-refractivity contribution >= 4 is 22.8 Å². The lowest BCUT2D eigenvalue weighted by Crippen LogP contribution is -2.51. The number of rotatable bonds is 4. The predicted octanol–water partition coefficient (Wildman–Crippen LogP) is 4.04. The fourth-order valence-electron chi connectivity index (χ4n) is 3.85. The largest absolute Gasteiger partial charge is 0.367 e. The number of halogens is 1. The molecule has 6 nitrogen and oxygen atoms in total. The molecule has 2 aromatic carbocycles. The molecule has 29 heavy (non-hydrogen) atoms. The van der Waals surface area contributed by atoms with Gasteiger partial charge in [-0.1, -0.05) is 18.2 Å². The van der Waals surface area contributed by atoms with Gasteiger partial charge >= 0.3 is 6.03 Å². The van der Waals surface area contributed by atoms with E-state index in [1.807, 2.05) is 49.1 Å². The lowest BCUT2D eigenvalue weighted by atomic mass is 10.0. The van der Waals surface area contributed by atoms with Gasteiger partial charge in [0.2, 0.25) is 0 Å². The molecule has 7 heteroatoms. The number of aryl methyl sites for hydroxylation is 1. The van der Waals surface area contributed by atoms with Crippen molar-refractivity contribution in [2.75, 3.05) is 18.0 Å². The van der Waals surface area contributed by atoms with Crippen LogP contribution in [-0.4, -0.2) is 35.1 Å². The van der Waals surface area contributed by atoms with E-state index in [1.54, 1.807) is 6.07 Å². The van der Waals surface area contributed by atoms with E-state index in [0.29, 0.717) is 18.1 Å². The van der Waals surface area contributed by atoms with Crippen LogP contribution in [0.25, 0.3) is 11.0 Å². The van der Waals surface area contributed by atoms with Crippen molar-refractivity contribution in [3.63, 3.8) is 0 Å². The van der Waals surface area contributed by atoms with Gasteiger partial charge in [-0.2, -0.15) is 0 Å². The van der Waals surface area contributed by atoms with Crippen LogP contribution in [0.3, 0.4) is 0 Å². The minimum atomic E-state index is -0.253. The van der Waals surface area contributed by atoms with Crippen LogP contribution in [0.15, 0.2) is 42.5 Å². The second kappa shape index (κ2) is 8.11. The number of fused-ring (bicyclic) bond motifs is 1. The summed E-state index contributed by atoms with van der Waals surface area (Å²) in [5.41, 5.74) is 3.45. The number of anilines is 1. The fraction of sp³-hybridized carbons (Fsp3) is 0.364. The molecule has 3 aromatic rings. The van der Waals surface area contributed by atoms with Crippen molar-refractivity contribution in [2.24, 2.45) is 0 Å². The van der Waals surface area contributed by atoms with Gasteiger partial charge in [-0.3, -0.25) is 0 Å². The van der Waals surface area contributed by atoms with Gasteiger partial charge in [-0.05, 0) is 56.5 Å². The number of para-hydroxylation sites is 2. The van der Waals surface area contributed by atoms with Gasteiger partial charge in [-0.25, -0.2) is 14.2 Å². The van der Waals surface area contributed by atoms with E-state index in [1.165, 1.54) is 6.07 Å². The van der Waals surface area contributed by atoms with Crippen LogP contribution in [0.1, 0.15) is 37.2 Å². The minimum absolute atomic E-state index is 0.0356. The number of H-pyrrole nitrogens is 1. The van der Waals surface area contributed by atoms with Gasteiger partial charge in [0.1, 0.15) is 11.6 Å². The molecule has 0 spiro atoms. The zero-order chi connectivity index (χ0) is 20.4. The van der Waals surface area contributed by atoms with Crippen LogP contribution in [-0.2, 0) is 0 Å². The highest BCUT2D eigenvalue weighted by Gasteiger charge is 2.24. The SMILES string of the molecule is Cc1ccc(F)c(N2CCCC(NC(=O)NC(C)c3nc4ccccc4[nH]3)C2)c1. The highest BCUT2D eigenvalue weighted by Crippen LogP contribution is 2.24. The van der Waals surface area contributed by atoms with Crippen LogP contribution in [0.2, 0.25) is 0 Å². The maximum atomic E-state index is 14.2. The third-order valence-electron chi connectivity index (χ3n) is 5.36. The Hall–Kier alpha value is -3.09. The Morgan fingerprint density at radius 2 is 2.14 bits per heavy atom. The van der Waals surface area contributed by atoms with Crippen molar-refractivity contribution in [1.29, 1.82) is 0 Å². The van der Waals surface area contributed by atoms with Crippen LogP contribution in [0.4, 0.5) is 14.9 Å². The third kappa shape index (κ3) is 4.34. The van der Waals surface area contributed by atoms with Crippen molar-refractivity contribution in [1.82, 2.24) is 20.6 Å². The van der Waals surface area contributed by atoms with E-state index in [2.05, 4.69) is 20.6 Å². The lowest BCUT2D eigenvalue weighted by molar-refractivity contribution is 0.231. The molecule has 1 fully saturated rings. The second-order valence-corrected chi connectivity index (χ2v) is 7.72. The molecule has 3 N–H and O–H groups in total. The van der Waals surface area contributed by atoms with Gasteiger partial charge in [0.15, 0.2) is 0 Å². The Balaban J connectivity index is 1.37. The zero-order valence-electron chi connectivity index (χ0n) is 16.7. The number of benzene rings is 2. The van der Waals surface area contributed by atoms with E-state index in [9.17, 15) is 9.18 Å². The molecule has 152 valence electrons. The molecule has 2 amide bonds. The monoisotopic (exact) mass is 395 g/mol. The topological polar surface area (TPSA) is 73.1 Å². The first-order valence-electron chi connectivity index (χ1n) is 10.0. The average molecular weight is 395 g/mol. The molecule has 1 aliphatic heterocycles. The number of aromatic nitrogens is 2. The van der Waals surface area contributed by atoms with Crippen LogP contribution >= 0.6 is 0 Å². The highest BCUT2D eigenvalue weighted by molar-refractivity contribution is 5.76. The van der Waals surface area contributed by atoms with E-state index in [0.717, 1.165) is 36.0 Å². The summed E-state index contributed by atoms with van der Waals surface area (Å²) in [6, 6.07) is 12.4. The molecule has 1 aromatic heterocycles. The number of amides is 2. The van der Waals surface area contributed by atoms with Crippen LogP contribution in [0.5, 0.6) is 0 Å². The molecule has 4 rings (SSSR count). The fourth-order valence-corrected chi connectivity index (χ4v) is 3.85. The smallest absolute Gasteiger partial charge is 0.315 e. The second-order valence-electron chi connectivity index (χ2n) is 7.72. The summed E-state index contributed by atoms with van der Waals surface area (Å²) in [7, 11) is 0. The molecule has 0 bridgehead atoms. The normalized spacial score (nSPS) is 17.9. The molecule has 2 atom stereocenters. The maximum absolute atomic E-state index is 14.2. The minimum Gasteiger partial charge on any atom is -0.367 e. The molecular weight excluding hydrogens is 369 g/mol. The Bertz CT molecular complexity index is 984. The number of urea groups is 1. The number of carbonyl (C=O) groups is 1. The van der Waals surface area contributed by atoms with E-state index < -0.39 is 0 Å². The Kier molecular flexibility index (Phi) is 5.38. The summed E-state index contributed by atoms with van der Waals surface area (Å²) < 4.78 is 14.2. The molecule has 1 aliphatic rings. The number of piperidine rings is 1. The first-order valence-corrected chi connectivity index (χ1v) is 10.0. The van der Waals surface area contributed by atoms with E-state index in [-0.39, 0.29) is 23.9 Å². The maximum Gasteiger partial charge on any atom is 0.315 e. The summed E-state index contributed by atoms with van der Waals surface area (Å²) >= 11 is 0. The molecule has 0 aliphatic carbocycles. The Labute approximate surface area is 169 Å². The summed E-state index contributed by atoms with van der Waals surface area (Å²) in [4.78, 5) is 22.3. The molecule has 0 radical (unpaired) electrons. The molecule has 1 saturated heterocycles. The quantitative estimate of drug-likeness (QED) is 0.624. The van der Waals surface area contributed by atoms with Crippen molar-refractivity contribution < 1.29 is 9.18 Å². The summed E-state index contributed by atoms with van der Waals surface area (Å²) in [5.74, 6) is 0.493. The summed E-state index contributed by atoms with van der Waals surface area (Å²) in [6.07, 6.45) is 1.77. The number of imidazole rings is 1. The van der Waals surface area contributed by atoms with Crippen molar-refractivity contribution in [3.05, 3.63) is 59.7 Å². The molecule has 0 saturated carbocycles. The number of aromatic amines is 1. The van der Waals surface area contributed by atoms with Crippen LogP contribution < -0.4 is 15.5 Å². The van der Waals surface area contributed by atoms with E-state index >= 15 is 0 Å².